The van der Waals surface area contributed by atoms with E-state index in [-0.39, 0.29) is 18.9 Å². The Hall–Kier alpha value is -2.66. The van der Waals surface area contributed by atoms with Gasteiger partial charge in [-0.05, 0) is 30.4 Å². The van der Waals surface area contributed by atoms with E-state index in [0.717, 1.165) is 54.8 Å². The number of nitrogens with zero attached hydrogens (tertiary/aromatic N) is 3. The van der Waals surface area contributed by atoms with Crippen LogP contribution in [0.3, 0.4) is 0 Å². The minimum Gasteiger partial charge on any atom is -0.460 e. The van der Waals surface area contributed by atoms with E-state index >= 15 is 0 Å². The number of hydrogen-bond acceptors (Lipinski definition) is 9. The zero-order valence-electron chi connectivity index (χ0n) is 21.1. The average Bonchev–Trinajstić information content (AvgIpc) is 3.26. The van der Waals surface area contributed by atoms with Crippen molar-refractivity contribution < 1.29 is 23.8 Å². The Morgan fingerprint density at radius 1 is 1.19 bits per heavy atom. The maximum absolute atomic E-state index is 13.2. The molecule has 1 aromatic carbocycles. The molecule has 36 heavy (non-hydrogen) atoms. The molecule has 0 aliphatic carbocycles. The summed E-state index contributed by atoms with van der Waals surface area (Å²) in [5.41, 5.74) is 3.93. The van der Waals surface area contributed by atoms with Gasteiger partial charge in [-0.25, -0.2) is 9.79 Å². The van der Waals surface area contributed by atoms with Gasteiger partial charge in [-0.1, -0.05) is 36.0 Å². The van der Waals surface area contributed by atoms with Crippen LogP contribution in [0.2, 0.25) is 0 Å². The molecule has 1 amide bonds. The molecule has 194 valence electrons. The summed E-state index contributed by atoms with van der Waals surface area (Å²) in [6.45, 7) is 8.95. The number of allylic oxidation sites excluding steroid dienone is 1. The maximum atomic E-state index is 13.2. The molecule has 0 aromatic heterocycles. The fourth-order valence-corrected chi connectivity index (χ4v) is 5.48. The molecule has 3 aliphatic rings. The van der Waals surface area contributed by atoms with Crippen LogP contribution in [-0.2, 0) is 23.8 Å². The van der Waals surface area contributed by atoms with Crippen LogP contribution >= 0.6 is 11.8 Å². The van der Waals surface area contributed by atoms with Crippen molar-refractivity contribution in [3.63, 3.8) is 0 Å². The van der Waals surface area contributed by atoms with Crippen molar-refractivity contribution in [3.8, 4) is 0 Å². The summed E-state index contributed by atoms with van der Waals surface area (Å²) in [5.74, 6) is -0.484. The number of rotatable bonds is 10. The Labute approximate surface area is 216 Å². The zero-order valence-corrected chi connectivity index (χ0v) is 21.9. The molecule has 1 saturated heterocycles. The molecule has 3 aliphatic heterocycles. The molecule has 3 heterocycles. The number of amidine groups is 1. The van der Waals surface area contributed by atoms with E-state index in [0.29, 0.717) is 24.4 Å². The Bertz CT molecular complexity index is 1060. The van der Waals surface area contributed by atoms with E-state index in [1.165, 1.54) is 11.8 Å². The molecular weight excluding hydrogens is 480 g/mol. The number of hydrogen-bond donors (Lipinski definition) is 1. The number of morpholine rings is 1. The summed E-state index contributed by atoms with van der Waals surface area (Å²) in [5, 5.41) is 5.75. The fourth-order valence-electron chi connectivity index (χ4n) is 4.52. The van der Waals surface area contributed by atoms with Gasteiger partial charge in [0.2, 0.25) is 5.91 Å². The average molecular weight is 515 g/mol. The van der Waals surface area contributed by atoms with E-state index in [2.05, 4.69) is 10.2 Å². The third kappa shape index (κ3) is 6.18. The molecule has 1 N–H and O–H groups in total. The third-order valence-electron chi connectivity index (χ3n) is 6.42. The predicted molar refractivity (Wildman–Crippen MR) is 139 cm³/mol. The second kappa shape index (κ2) is 12.5. The smallest absolute Gasteiger partial charge is 0.338 e. The monoisotopic (exact) mass is 514 g/mol. The third-order valence-corrected chi connectivity index (χ3v) is 7.31. The lowest BCUT2D eigenvalue weighted by molar-refractivity contribution is -0.141. The van der Waals surface area contributed by atoms with Gasteiger partial charge < -0.3 is 24.4 Å². The number of nitrogens with one attached hydrogen (secondary N) is 1. The SMILES string of the molecule is COCCOC(=O)C1=C(C)N=C2SC=C(CC(=O)NCCN3CCOCC3)N2C1c1ccccc1C. The topological polar surface area (TPSA) is 92.7 Å². The number of aliphatic imine (C=N–C) groups is 1. The molecule has 0 spiro atoms. The van der Waals surface area contributed by atoms with Crippen molar-refractivity contribution in [3.05, 3.63) is 57.8 Å². The van der Waals surface area contributed by atoms with Gasteiger partial charge in [-0.3, -0.25) is 9.69 Å². The first-order valence-electron chi connectivity index (χ1n) is 12.2. The Balaban J connectivity index is 1.52. The first-order valence-corrected chi connectivity index (χ1v) is 13.1. The number of esters is 1. The number of carbonyl (C=O) groups is 2. The molecule has 1 atom stereocenters. The van der Waals surface area contributed by atoms with Crippen LogP contribution in [-0.4, -0.2) is 86.6 Å². The molecule has 1 aromatic rings. The predicted octanol–water partition coefficient (Wildman–Crippen LogP) is 2.60. The lowest BCUT2D eigenvalue weighted by Gasteiger charge is -2.37. The zero-order chi connectivity index (χ0) is 25.5. The number of amides is 1. The number of benzene rings is 1. The van der Waals surface area contributed by atoms with Crippen LogP contribution in [0.5, 0.6) is 0 Å². The summed E-state index contributed by atoms with van der Waals surface area (Å²) in [7, 11) is 1.57. The molecule has 0 saturated carbocycles. The molecule has 0 radical (unpaired) electrons. The number of aryl methyl sites for hydroxylation is 1. The lowest BCUT2D eigenvalue weighted by atomic mass is 9.91. The standard InChI is InChI=1S/C26H34N4O5S/c1-18-6-4-5-7-21(18)24-23(25(32)35-15-14-33-3)19(2)28-26-30(24)20(17-36-26)16-22(31)27-8-9-29-10-12-34-13-11-29/h4-7,17,24H,8-16H2,1-3H3,(H,27,31). The second-order valence-electron chi connectivity index (χ2n) is 8.86. The van der Waals surface area contributed by atoms with Crippen LogP contribution in [0.25, 0.3) is 0 Å². The molecule has 1 unspecified atom stereocenters. The summed E-state index contributed by atoms with van der Waals surface area (Å²) < 4.78 is 15.9. The Morgan fingerprint density at radius 2 is 1.97 bits per heavy atom. The largest absolute Gasteiger partial charge is 0.460 e. The van der Waals surface area contributed by atoms with Gasteiger partial charge in [0, 0.05) is 39.0 Å². The van der Waals surface area contributed by atoms with E-state index in [9.17, 15) is 9.59 Å². The Morgan fingerprint density at radius 3 is 2.72 bits per heavy atom. The molecule has 1 fully saturated rings. The summed E-state index contributed by atoms with van der Waals surface area (Å²) in [4.78, 5) is 35.1. The molecule has 10 heteroatoms. The summed E-state index contributed by atoms with van der Waals surface area (Å²) >= 11 is 1.47. The highest BCUT2D eigenvalue weighted by molar-refractivity contribution is 8.16. The molecular formula is C26H34N4O5S. The van der Waals surface area contributed by atoms with Crippen molar-refractivity contribution in [2.45, 2.75) is 26.3 Å². The van der Waals surface area contributed by atoms with Gasteiger partial charge in [-0.15, -0.1) is 0 Å². The van der Waals surface area contributed by atoms with Crippen molar-refractivity contribution in [1.82, 2.24) is 15.1 Å². The molecule has 4 rings (SSSR count). The second-order valence-corrected chi connectivity index (χ2v) is 9.70. The van der Waals surface area contributed by atoms with Gasteiger partial charge in [0.05, 0.1) is 43.6 Å². The number of methoxy groups -OCH3 is 1. The van der Waals surface area contributed by atoms with E-state index in [1.807, 2.05) is 48.4 Å². The fraction of sp³-hybridized carbons (Fsp3) is 0.500. The van der Waals surface area contributed by atoms with Crippen molar-refractivity contribution in [2.24, 2.45) is 4.99 Å². The van der Waals surface area contributed by atoms with Gasteiger partial charge in [0.1, 0.15) is 6.61 Å². The van der Waals surface area contributed by atoms with Crippen LogP contribution in [0.1, 0.15) is 30.5 Å². The first-order chi connectivity index (χ1) is 17.5. The highest BCUT2D eigenvalue weighted by atomic mass is 32.2. The number of fused-ring (bicyclic) bond motifs is 1. The van der Waals surface area contributed by atoms with E-state index in [4.69, 9.17) is 19.2 Å². The van der Waals surface area contributed by atoms with Crippen LogP contribution < -0.4 is 5.32 Å². The Kier molecular flexibility index (Phi) is 9.19. The molecule has 0 bridgehead atoms. The quantitative estimate of drug-likeness (QED) is 0.376. The van der Waals surface area contributed by atoms with Crippen LogP contribution in [0.15, 0.2) is 51.6 Å². The van der Waals surface area contributed by atoms with Gasteiger partial charge in [0.25, 0.3) is 0 Å². The van der Waals surface area contributed by atoms with Crippen molar-refractivity contribution >= 4 is 28.8 Å². The maximum Gasteiger partial charge on any atom is 0.338 e. The number of ether oxygens (including phenoxy) is 3. The minimum absolute atomic E-state index is 0.0598. The van der Waals surface area contributed by atoms with Gasteiger partial charge in [-0.2, -0.15) is 0 Å². The molecule has 9 nitrogen and oxygen atoms in total. The highest BCUT2D eigenvalue weighted by Crippen LogP contribution is 2.45. The van der Waals surface area contributed by atoms with Crippen LogP contribution in [0.4, 0.5) is 0 Å². The summed E-state index contributed by atoms with van der Waals surface area (Å²) in [6, 6.07) is 7.54. The van der Waals surface area contributed by atoms with E-state index < -0.39 is 12.0 Å². The van der Waals surface area contributed by atoms with Gasteiger partial charge >= 0.3 is 5.97 Å². The number of carbonyl (C=O) groups excluding carboxylic acids is 2. The first kappa shape index (κ1) is 26.4. The normalized spacial score (nSPS) is 20.1. The van der Waals surface area contributed by atoms with Crippen molar-refractivity contribution in [2.75, 3.05) is 59.7 Å². The van der Waals surface area contributed by atoms with Crippen LogP contribution in [0, 0.1) is 6.92 Å². The van der Waals surface area contributed by atoms with Crippen molar-refractivity contribution in [1.29, 1.82) is 0 Å². The number of thioether (sulfide) groups is 1. The summed E-state index contributed by atoms with van der Waals surface area (Å²) in [6.07, 6.45) is 0.197. The lowest BCUT2D eigenvalue weighted by Crippen LogP contribution is -2.42. The highest BCUT2D eigenvalue weighted by Gasteiger charge is 2.41. The van der Waals surface area contributed by atoms with E-state index in [1.54, 1.807) is 7.11 Å². The van der Waals surface area contributed by atoms with Gasteiger partial charge in [0.15, 0.2) is 5.17 Å². The minimum atomic E-state index is -0.434.